The van der Waals surface area contributed by atoms with E-state index in [1.54, 1.807) is 18.7 Å². The summed E-state index contributed by atoms with van der Waals surface area (Å²) >= 11 is 8.97. The normalized spacial score (nSPS) is 8.92. The van der Waals surface area contributed by atoms with Gasteiger partial charge in [0.1, 0.15) is 0 Å². The highest BCUT2D eigenvalue weighted by molar-refractivity contribution is 8.14. The van der Waals surface area contributed by atoms with Gasteiger partial charge in [0.25, 0.3) is 0 Å². The SMILES string of the molecule is CSCCS.CSCCSC(C)=O. The van der Waals surface area contributed by atoms with E-state index in [1.807, 2.05) is 18.0 Å². The first-order valence-corrected chi connectivity index (χ1v) is 8.31. The fraction of sp³-hybridized carbons (Fsp3) is 0.875. The van der Waals surface area contributed by atoms with Gasteiger partial charge in [0.05, 0.1) is 0 Å². The molecule has 0 heterocycles. The summed E-state index contributed by atoms with van der Waals surface area (Å²) in [4.78, 5) is 10.3. The average Bonchev–Trinajstić information content (AvgIpc) is 2.07. The number of thioether (sulfide) groups is 3. The third-order valence-electron chi connectivity index (χ3n) is 0.888. The van der Waals surface area contributed by atoms with Gasteiger partial charge in [0.15, 0.2) is 5.12 Å². The molecule has 0 radical (unpaired) electrons. The Morgan fingerprint density at radius 3 is 1.92 bits per heavy atom. The Labute approximate surface area is 100.0 Å². The molecule has 0 amide bonds. The van der Waals surface area contributed by atoms with Crippen LogP contribution in [0, 0.1) is 0 Å². The third kappa shape index (κ3) is 24.6. The van der Waals surface area contributed by atoms with Crippen molar-refractivity contribution in [3.05, 3.63) is 0 Å². The largest absolute Gasteiger partial charge is 0.288 e. The summed E-state index contributed by atoms with van der Waals surface area (Å²) in [6, 6.07) is 0. The van der Waals surface area contributed by atoms with E-state index < -0.39 is 0 Å². The van der Waals surface area contributed by atoms with Crippen molar-refractivity contribution in [2.75, 3.05) is 35.5 Å². The van der Waals surface area contributed by atoms with Crippen LogP contribution < -0.4 is 0 Å². The fourth-order valence-electron chi connectivity index (χ4n) is 0.360. The van der Waals surface area contributed by atoms with Crippen LogP contribution in [-0.2, 0) is 4.79 Å². The van der Waals surface area contributed by atoms with Crippen LogP contribution in [0.4, 0.5) is 0 Å². The van der Waals surface area contributed by atoms with Gasteiger partial charge in [-0.15, -0.1) is 0 Å². The molecule has 0 aromatic heterocycles. The minimum absolute atomic E-state index is 0.221. The summed E-state index contributed by atoms with van der Waals surface area (Å²) in [5.74, 6) is 4.20. The molecule has 5 heteroatoms. The molecule has 0 atom stereocenters. The summed E-state index contributed by atoms with van der Waals surface area (Å²) in [5, 5.41) is 0.221. The molecule has 0 unspecified atom stereocenters. The van der Waals surface area contributed by atoms with Crippen LogP contribution in [0.1, 0.15) is 6.92 Å². The Hall–Kier alpha value is 1.07. The summed E-state index contributed by atoms with van der Waals surface area (Å²) in [5.41, 5.74) is 0. The second kappa shape index (κ2) is 15.5. The first kappa shape index (κ1) is 16.5. The highest BCUT2D eigenvalue weighted by Crippen LogP contribution is 2.03. The molecule has 0 saturated carbocycles. The Kier molecular flexibility index (Phi) is 19.7. The van der Waals surface area contributed by atoms with Crippen molar-refractivity contribution in [3.8, 4) is 0 Å². The lowest BCUT2D eigenvalue weighted by molar-refractivity contribution is -0.109. The minimum atomic E-state index is 0.221. The number of hydrogen-bond donors (Lipinski definition) is 1. The second-order valence-corrected chi connectivity index (χ2v) is 5.74. The van der Waals surface area contributed by atoms with Crippen LogP contribution in [-0.4, -0.2) is 40.6 Å². The topological polar surface area (TPSA) is 17.1 Å². The first-order valence-electron chi connectivity index (χ1n) is 3.91. The molecule has 0 aliphatic heterocycles. The van der Waals surface area contributed by atoms with Crippen LogP contribution in [0.15, 0.2) is 0 Å². The predicted octanol–water partition coefficient (Wildman–Crippen LogP) is 2.91. The Bertz CT molecular complexity index is 106. The van der Waals surface area contributed by atoms with Gasteiger partial charge < -0.3 is 0 Å². The first-order chi connectivity index (χ1) is 6.18. The van der Waals surface area contributed by atoms with Crippen LogP contribution in [0.25, 0.3) is 0 Å². The molecule has 0 spiro atoms. The average molecular weight is 258 g/mol. The van der Waals surface area contributed by atoms with Crippen molar-refractivity contribution in [1.82, 2.24) is 0 Å². The number of thiol groups is 1. The number of carbonyl (C=O) groups is 1. The van der Waals surface area contributed by atoms with Crippen LogP contribution in [0.5, 0.6) is 0 Å². The van der Waals surface area contributed by atoms with E-state index in [0.29, 0.717) is 0 Å². The Morgan fingerprint density at radius 1 is 1.15 bits per heavy atom. The van der Waals surface area contributed by atoms with E-state index in [0.717, 1.165) is 17.3 Å². The maximum atomic E-state index is 10.3. The van der Waals surface area contributed by atoms with Gasteiger partial charge in [-0.2, -0.15) is 36.2 Å². The molecule has 0 aliphatic rings. The van der Waals surface area contributed by atoms with Crippen molar-refractivity contribution < 1.29 is 4.79 Å². The monoisotopic (exact) mass is 258 g/mol. The fourth-order valence-corrected chi connectivity index (χ4v) is 2.38. The molecule has 0 aliphatic carbocycles. The highest BCUT2D eigenvalue weighted by Gasteiger charge is 1.90. The van der Waals surface area contributed by atoms with E-state index in [4.69, 9.17) is 0 Å². The van der Waals surface area contributed by atoms with Crippen molar-refractivity contribution in [2.45, 2.75) is 6.92 Å². The lowest BCUT2D eigenvalue weighted by Gasteiger charge is -1.90. The van der Waals surface area contributed by atoms with E-state index in [9.17, 15) is 4.79 Å². The lowest BCUT2D eigenvalue weighted by Crippen LogP contribution is -1.87. The standard InChI is InChI=1S/C5H10OS2.C3H8S2/c1-5(6)8-4-3-7-2;1-5-3-2-4/h3-4H2,1-2H3;4H,2-3H2,1H3. The van der Waals surface area contributed by atoms with Crippen molar-refractivity contribution >= 4 is 53.0 Å². The molecule has 0 saturated heterocycles. The van der Waals surface area contributed by atoms with Crippen LogP contribution >= 0.6 is 47.9 Å². The molecule has 13 heavy (non-hydrogen) atoms. The maximum Gasteiger partial charge on any atom is 0.185 e. The van der Waals surface area contributed by atoms with Crippen LogP contribution in [0.3, 0.4) is 0 Å². The van der Waals surface area contributed by atoms with Crippen molar-refractivity contribution in [2.24, 2.45) is 0 Å². The number of hydrogen-bond acceptors (Lipinski definition) is 5. The zero-order chi connectivity index (χ0) is 10.5. The number of carbonyl (C=O) groups excluding carboxylic acids is 1. The van der Waals surface area contributed by atoms with Crippen molar-refractivity contribution in [1.29, 1.82) is 0 Å². The zero-order valence-electron chi connectivity index (χ0n) is 8.41. The van der Waals surface area contributed by atoms with E-state index in [2.05, 4.69) is 18.9 Å². The molecule has 0 aromatic rings. The van der Waals surface area contributed by atoms with E-state index in [-0.39, 0.29) is 5.12 Å². The quantitative estimate of drug-likeness (QED) is 0.603. The molecule has 0 fully saturated rings. The molecule has 0 N–H and O–H groups in total. The predicted molar refractivity (Wildman–Crippen MR) is 73.8 cm³/mol. The molecule has 0 rings (SSSR count). The zero-order valence-corrected chi connectivity index (χ0v) is 11.8. The van der Waals surface area contributed by atoms with E-state index >= 15 is 0 Å². The van der Waals surface area contributed by atoms with Gasteiger partial charge in [-0.05, 0) is 18.3 Å². The highest BCUT2D eigenvalue weighted by atomic mass is 32.2. The van der Waals surface area contributed by atoms with Crippen LogP contribution in [0.2, 0.25) is 0 Å². The van der Waals surface area contributed by atoms with Crippen molar-refractivity contribution in [3.63, 3.8) is 0 Å². The minimum Gasteiger partial charge on any atom is -0.288 e. The maximum absolute atomic E-state index is 10.3. The molecule has 1 nitrogen and oxygen atoms in total. The van der Waals surface area contributed by atoms with Gasteiger partial charge in [0, 0.05) is 24.2 Å². The molecular weight excluding hydrogens is 240 g/mol. The third-order valence-corrected chi connectivity index (χ3v) is 3.71. The lowest BCUT2D eigenvalue weighted by atomic mass is 10.9. The molecular formula is C8H18OS4. The van der Waals surface area contributed by atoms with E-state index in [1.165, 1.54) is 17.5 Å². The Morgan fingerprint density at radius 2 is 1.69 bits per heavy atom. The smallest absolute Gasteiger partial charge is 0.185 e. The summed E-state index contributed by atoms with van der Waals surface area (Å²) < 4.78 is 0. The summed E-state index contributed by atoms with van der Waals surface area (Å²) in [7, 11) is 0. The summed E-state index contributed by atoms with van der Waals surface area (Å²) in [6.07, 6.45) is 4.12. The van der Waals surface area contributed by atoms with Gasteiger partial charge in [-0.25, -0.2) is 0 Å². The number of rotatable bonds is 5. The van der Waals surface area contributed by atoms with Gasteiger partial charge in [-0.1, -0.05) is 11.8 Å². The van der Waals surface area contributed by atoms with Gasteiger partial charge >= 0.3 is 0 Å². The second-order valence-electron chi connectivity index (χ2n) is 2.05. The molecule has 0 bridgehead atoms. The molecule has 80 valence electrons. The Balaban J connectivity index is 0. The van der Waals surface area contributed by atoms with Gasteiger partial charge in [0.2, 0.25) is 0 Å². The molecule has 0 aromatic carbocycles. The van der Waals surface area contributed by atoms with Gasteiger partial charge in [-0.3, -0.25) is 4.79 Å². The summed E-state index contributed by atoms with van der Waals surface area (Å²) in [6.45, 7) is 1.60.